The molecule has 0 radical (unpaired) electrons. The van der Waals surface area contributed by atoms with Gasteiger partial charge in [0.1, 0.15) is 0 Å². The van der Waals surface area contributed by atoms with Gasteiger partial charge in [-0.15, -0.1) is 0 Å². The number of aromatic nitrogens is 1. The van der Waals surface area contributed by atoms with E-state index in [4.69, 9.17) is 10.7 Å². The Bertz CT molecular complexity index is 651. The lowest BCUT2D eigenvalue weighted by Crippen LogP contribution is -2.33. The third-order valence-electron chi connectivity index (χ3n) is 3.82. The van der Waals surface area contributed by atoms with E-state index in [0.29, 0.717) is 5.56 Å². The first kappa shape index (κ1) is 12.1. The molecule has 4 heteroatoms. The highest BCUT2D eigenvalue weighted by Gasteiger charge is 2.23. The zero-order valence-electron chi connectivity index (χ0n) is 11.0. The average Bonchev–Trinajstić information content (AvgIpc) is 2.43. The van der Waals surface area contributed by atoms with Gasteiger partial charge in [-0.05, 0) is 12.6 Å². The monoisotopic (exact) mass is 255 g/mol. The first-order valence-corrected chi connectivity index (χ1v) is 6.63. The third-order valence-corrected chi connectivity index (χ3v) is 3.82. The summed E-state index contributed by atoms with van der Waals surface area (Å²) in [7, 11) is 0. The van der Waals surface area contributed by atoms with E-state index in [1.54, 1.807) is 0 Å². The van der Waals surface area contributed by atoms with E-state index >= 15 is 0 Å². The molecule has 98 valence electrons. The van der Waals surface area contributed by atoms with Crippen molar-refractivity contribution < 1.29 is 4.79 Å². The van der Waals surface area contributed by atoms with E-state index in [0.717, 1.165) is 48.2 Å². The summed E-state index contributed by atoms with van der Waals surface area (Å²) < 4.78 is 0. The SMILES string of the molecule is CCN1CCc2nc3ccccc3c(C(N)=O)c2C1. The van der Waals surface area contributed by atoms with Crippen molar-refractivity contribution in [3.63, 3.8) is 0 Å². The molecule has 2 N–H and O–H groups in total. The number of hydrogen-bond donors (Lipinski definition) is 1. The summed E-state index contributed by atoms with van der Waals surface area (Å²) in [6.07, 6.45) is 0.883. The van der Waals surface area contributed by atoms with Crippen molar-refractivity contribution in [3.8, 4) is 0 Å². The molecule has 2 heterocycles. The Labute approximate surface area is 112 Å². The molecule has 1 aromatic carbocycles. The van der Waals surface area contributed by atoms with Gasteiger partial charge in [0, 0.05) is 36.2 Å². The second-order valence-corrected chi connectivity index (χ2v) is 4.91. The first-order chi connectivity index (χ1) is 9.20. The van der Waals surface area contributed by atoms with Crippen LogP contribution in [0.4, 0.5) is 0 Å². The quantitative estimate of drug-likeness (QED) is 0.888. The third kappa shape index (κ3) is 1.98. The summed E-state index contributed by atoms with van der Waals surface area (Å²) >= 11 is 0. The number of rotatable bonds is 2. The van der Waals surface area contributed by atoms with Crippen molar-refractivity contribution in [2.75, 3.05) is 13.1 Å². The molecule has 2 aromatic rings. The minimum absolute atomic E-state index is 0.354. The summed E-state index contributed by atoms with van der Waals surface area (Å²) in [5.74, 6) is -0.354. The molecular weight excluding hydrogens is 238 g/mol. The van der Waals surface area contributed by atoms with Crippen LogP contribution in [-0.2, 0) is 13.0 Å². The van der Waals surface area contributed by atoms with Gasteiger partial charge in [0.2, 0.25) is 5.91 Å². The smallest absolute Gasteiger partial charge is 0.249 e. The number of para-hydroxylation sites is 1. The number of amides is 1. The molecule has 0 spiro atoms. The van der Waals surface area contributed by atoms with E-state index in [1.165, 1.54) is 0 Å². The van der Waals surface area contributed by atoms with Crippen molar-refractivity contribution in [2.45, 2.75) is 19.9 Å². The second-order valence-electron chi connectivity index (χ2n) is 4.91. The number of likely N-dealkylation sites (N-methyl/N-ethyl adjacent to an activating group) is 1. The van der Waals surface area contributed by atoms with Crippen molar-refractivity contribution in [3.05, 3.63) is 41.1 Å². The van der Waals surface area contributed by atoms with Crippen molar-refractivity contribution in [1.82, 2.24) is 9.88 Å². The molecule has 1 aliphatic rings. The number of fused-ring (bicyclic) bond motifs is 2. The number of benzene rings is 1. The minimum atomic E-state index is -0.354. The van der Waals surface area contributed by atoms with Gasteiger partial charge in [-0.3, -0.25) is 14.7 Å². The summed E-state index contributed by atoms with van der Waals surface area (Å²) in [4.78, 5) is 18.9. The topological polar surface area (TPSA) is 59.2 Å². The highest BCUT2D eigenvalue weighted by Crippen LogP contribution is 2.27. The van der Waals surface area contributed by atoms with Gasteiger partial charge in [-0.1, -0.05) is 25.1 Å². The lowest BCUT2D eigenvalue weighted by atomic mass is 9.95. The van der Waals surface area contributed by atoms with Crippen LogP contribution >= 0.6 is 0 Å². The largest absolute Gasteiger partial charge is 0.366 e. The number of hydrogen-bond acceptors (Lipinski definition) is 3. The van der Waals surface area contributed by atoms with Crippen LogP contribution in [0.15, 0.2) is 24.3 Å². The van der Waals surface area contributed by atoms with Gasteiger partial charge >= 0.3 is 0 Å². The van der Waals surface area contributed by atoms with Crippen LogP contribution in [0.1, 0.15) is 28.5 Å². The fourth-order valence-corrected chi connectivity index (χ4v) is 2.80. The van der Waals surface area contributed by atoms with Crippen LogP contribution < -0.4 is 5.73 Å². The molecule has 0 bridgehead atoms. The predicted molar refractivity (Wildman–Crippen MR) is 74.9 cm³/mol. The van der Waals surface area contributed by atoms with E-state index in [1.807, 2.05) is 24.3 Å². The van der Waals surface area contributed by atoms with Crippen molar-refractivity contribution >= 4 is 16.8 Å². The Kier molecular flexibility index (Phi) is 2.95. The summed E-state index contributed by atoms with van der Waals surface area (Å²) in [6.45, 7) is 4.86. The maximum Gasteiger partial charge on any atom is 0.249 e. The number of primary amides is 1. The highest BCUT2D eigenvalue weighted by molar-refractivity contribution is 6.07. The Morgan fingerprint density at radius 2 is 2.21 bits per heavy atom. The van der Waals surface area contributed by atoms with Crippen LogP contribution in [0, 0.1) is 0 Å². The van der Waals surface area contributed by atoms with Gasteiger partial charge < -0.3 is 5.73 Å². The molecule has 0 aliphatic carbocycles. The Balaban J connectivity index is 2.28. The molecular formula is C15H17N3O. The van der Waals surface area contributed by atoms with Crippen LogP contribution in [0.25, 0.3) is 10.9 Å². The zero-order valence-corrected chi connectivity index (χ0v) is 11.0. The van der Waals surface area contributed by atoms with Crippen molar-refractivity contribution in [1.29, 1.82) is 0 Å². The average molecular weight is 255 g/mol. The van der Waals surface area contributed by atoms with Gasteiger partial charge in [0.05, 0.1) is 11.1 Å². The van der Waals surface area contributed by atoms with Gasteiger partial charge in [0.25, 0.3) is 0 Å². The number of carbonyl (C=O) groups excluding carboxylic acids is 1. The summed E-state index contributed by atoms with van der Waals surface area (Å²) in [5, 5.41) is 0.867. The van der Waals surface area contributed by atoms with Crippen LogP contribution in [0.5, 0.6) is 0 Å². The van der Waals surface area contributed by atoms with Crippen molar-refractivity contribution in [2.24, 2.45) is 5.73 Å². The number of nitrogens with zero attached hydrogens (tertiary/aromatic N) is 2. The molecule has 3 rings (SSSR count). The molecule has 4 nitrogen and oxygen atoms in total. The molecule has 0 unspecified atom stereocenters. The molecule has 0 fully saturated rings. The molecule has 0 saturated heterocycles. The van der Waals surface area contributed by atoms with E-state index < -0.39 is 0 Å². The molecule has 1 amide bonds. The second kappa shape index (κ2) is 4.63. The lowest BCUT2D eigenvalue weighted by molar-refractivity contribution is 0.0999. The number of carbonyl (C=O) groups is 1. The molecule has 0 atom stereocenters. The molecule has 19 heavy (non-hydrogen) atoms. The van der Waals surface area contributed by atoms with Gasteiger partial charge in [0.15, 0.2) is 0 Å². The normalized spacial score (nSPS) is 15.4. The Hall–Kier alpha value is -1.94. The van der Waals surface area contributed by atoms with Crippen LogP contribution in [0.2, 0.25) is 0 Å². The van der Waals surface area contributed by atoms with E-state index in [2.05, 4.69) is 11.8 Å². The van der Waals surface area contributed by atoms with Gasteiger partial charge in [-0.2, -0.15) is 0 Å². The molecule has 0 saturated carbocycles. The highest BCUT2D eigenvalue weighted by atomic mass is 16.1. The minimum Gasteiger partial charge on any atom is -0.366 e. The standard InChI is InChI=1S/C15H17N3O/c1-2-18-8-7-13-11(9-18)14(15(16)19)10-5-3-4-6-12(10)17-13/h3-6H,2,7-9H2,1H3,(H2,16,19). The maximum atomic E-state index is 11.9. The fraction of sp³-hybridized carbons (Fsp3) is 0.333. The zero-order chi connectivity index (χ0) is 13.4. The fourth-order valence-electron chi connectivity index (χ4n) is 2.80. The Morgan fingerprint density at radius 3 is 2.95 bits per heavy atom. The Morgan fingerprint density at radius 1 is 1.42 bits per heavy atom. The van der Waals surface area contributed by atoms with E-state index in [9.17, 15) is 4.79 Å². The summed E-state index contributed by atoms with van der Waals surface area (Å²) in [5.41, 5.74) is 9.16. The molecule has 1 aliphatic heterocycles. The molecule has 1 aromatic heterocycles. The number of nitrogens with two attached hydrogens (primary N) is 1. The van der Waals surface area contributed by atoms with Crippen LogP contribution in [0.3, 0.4) is 0 Å². The summed E-state index contributed by atoms with van der Waals surface area (Å²) in [6, 6.07) is 7.72. The van der Waals surface area contributed by atoms with Gasteiger partial charge in [-0.25, -0.2) is 0 Å². The lowest BCUT2D eigenvalue weighted by Gasteiger charge is -2.28. The first-order valence-electron chi connectivity index (χ1n) is 6.63. The number of pyridine rings is 1. The predicted octanol–water partition coefficient (Wildman–Crippen LogP) is 1.71. The van der Waals surface area contributed by atoms with Crippen LogP contribution in [-0.4, -0.2) is 28.9 Å². The maximum absolute atomic E-state index is 11.9. The van der Waals surface area contributed by atoms with E-state index in [-0.39, 0.29) is 5.91 Å².